The van der Waals surface area contributed by atoms with Gasteiger partial charge in [0.2, 0.25) is 11.8 Å². The van der Waals surface area contributed by atoms with Crippen molar-refractivity contribution in [3.63, 3.8) is 0 Å². The summed E-state index contributed by atoms with van der Waals surface area (Å²) in [6, 6.07) is 13.9. The first kappa shape index (κ1) is 17.6. The van der Waals surface area contributed by atoms with Crippen LogP contribution < -0.4 is 10.2 Å². The maximum absolute atomic E-state index is 13.6. The lowest BCUT2D eigenvalue weighted by Gasteiger charge is -2.16. The first-order valence-corrected chi connectivity index (χ1v) is 8.91. The molecule has 0 bridgehead atoms. The summed E-state index contributed by atoms with van der Waals surface area (Å²) in [5, 5.41) is 2.81. The third-order valence-electron chi connectivity index (χ3n) is 4.29. The molecule has 25 heavy (non-hydrogen) atoms. The van der Waals surface area contributed by atoms with Crippen molar-refractivity contribution >= 4 is 33.4 Å². The molecule has 3 rings (SSSR count). The molecule has 1 aliphatic rings. The standard InChI is InChI=1S/C19H18BrFN2O2/c20-15-5-7-16(8-6-15)23-12-14(11-18(23)24)19(25)22-10-9-13-3-1-2-4-17(13)21/h1-8,14H,9-12H2,(H,22,25). The van der Waals surface area contributed by atoms with Crippen molar-refractivity contribution in [1.29, 1.82) is 0 Å². The lowest BCUT2D eigenvalue weighted by atomic mass is 10.1. The fourth-order valence-corrected chi connectivity index (χ4v) is 3.18. The highest BCUT2D eigenvalue weighted by Gasteiger charge is 2.34. The number of benzene rings is 2. The van der Waals surface area contributed by atoms with Crippen molar-refractivity contribution in [1.82, 2.24) is 5.32 Å². The van der Waals surface area contributed by atoms with Gasteiger partial charge in [-0.1, -0.05) is 34.1 Å². The number of anilines is 1. The van der Waals surface area contributed by atoms with E-state index in [0.717, 1.165) is 10.2 Å². The average Bonchev–Trinajstić information content (AvgIpc) is 2.99. The summed E-state index contributed by atoms with van der Waals surface area (Å²) in [6.07, 6.45) is 0.622. The Morgan fingerprint density at radius 1 is 1.20 bits per heavy atom. The van der Waals surface area contributed by atoms with Crippen LogP contribution in [0.5, 0.6) is 0 Å². The van der Waals surface area contributed by atoms with Crippen molar-refractivity contribution in [3.05, 3.63) is 64.4 Å². The molecule has 6 heteroatoms. The van der Waals surface area contributed by atoms with Gasteiger partial charge in [-0.3, -0.25) is 9.59 Å². The van der Waals surface area contributed by atoms with Crippen LogP contribution in [0.1, 0.15) is 12.0 Å². The van der Waals surface area contributed by atoms with Crippen molar-refractivity contribution in [2.24, 2.45) is 5.92 Å². The minimum absolute atomic E-state index is 0.0587. The zero-order chi connectivity index (χ0) is 17.8. The third kappa shape index (κ3) is 4.25. The maximum Gasteiger partial charge on any atom is 0.227 e. The highest BCUT2D eigenvalue weighted by molar-refractivity contribution is 9.10. The van der Waals surface area contributed by atoms with Crippen LogP contribution in [0.25, 0.3) is 0 Å². The molecule has 1 heterocycles. The van der Waals surface area contributed by atoms with E-state index in [-0.39, 0.29) is 30.0 Å². The van der Waals surface area contributed by atoms with E-state index < -0.39 is 0 Å². The number of amides is 2. The second kappa shape index (κ2) is 7.78. The fraction of sp³-hybridized carbons (Fsp3) is 0.263. The topological polar surface area (TPSA) is 49.4 Å². The summed E-state index contributed by atoms with van der Waals surface area (Å²) in [7, 11) is 0. The number of hydrogen-bond acceptors (Lipinski definition) is 2. The van der Waals surface area contributed by atoms with Crippen LogP contribution in [0.2, 0.25) is 0 Å². The number of rotatable bonds is 5. The molecule has 1 N–H and O–H groups in total. The lowest BCUT2D eigenvalue weighted by molar-refractivity contribution is -0.126. The van der Waals surface area contributed by atoms with Gasteiger partial charge in [0.05, 0.1) is 5.92 Å². The Labute approximate surface area is 154 Å². The molecular formula is C19H18BrFN2O2. The van der Waals surface area contributed by atoms with Crippen LogP contribution in [0.4, 0.5) is 10.1 Å². The summed E-state index contributed by atoms with van der Waals surface area (Å²) in [4.78, 5) is 26.1. The molecule has 4 nitrogen and oxygen atoms in total. The molecule has 0 spiro atoms. The van der Waals surface area contributed by atoms with Gasteiger partial charge in [0.15, 0.2) is 0 Å². The Bertz CT molecular complexity index is 779. The van der Waals surface area contributed by atoms with Crippen LogP contribution in [-0.4, -0.2) is 24.9 Å². The number of nitrogens with one attached hydrogen (secondary N) is 1. The van der Waals surface area contributed by atoms with E-state index in [2.05, 4.69) is 21.2 Å². The lowest BCUT2D eigenvalue weighted by Crippen LogP contribution is -2.34. The van der Waals surface area contributed by atoms with Crippen LogP contribution in [0.3, 0.4) is 0 Å². The van der Waals surface area contributed by atoms with Crippen LogP contribution >= 0.6 is 15.9 Å². The zero-order valence-corrected chi connectivity index (χ0v) is 15.1. The van der Waals surface area contributed by atoms with E-state index >= 15 is 0 Å². The molecule has 2 amide bonds. The van der Waals surface area contributed by atoms with Gasteiger partial charge in [-0.2, -0.15) is 0 Å². The van der Waals surface area contributed by atoms with Gasteiger partial charge in [-0.05, 0) is 42.3 Å². The molecule has 130 valence electrons. The van der Waals surface area contributed by atoms with Gasteiger partial charge in [-0.15, -0.1) is 0 Å². The molecule has 0 saturated carbocycles. The highest BCUT2D eigenvalue weighted by Crippen LogP contribution is 2.26. The fourth-order valence-electron chi connectivity index (χ4n) is 2.92. The monoisotopic (exact) mass is 404 g/mol. The minimum atomic E-state index is -0.378. The molecule has 1 aliphatic heterocycles. The average molecular weight is 405 g/mol. The zero-order valence-electron chi connectivity index (χ0n) is 13.5. The number of carbonyl (C=O) groups excluding carboxylic acids is 2. The molecule has 2 aromatic carbocycles. The minimum Gasteiger partial charge on any atom is -0.355 e. The Morgan fingerprint density at radius 3 is 2.64 bits per heavy atom. The summed E-state index contributed by atoms with van der Waals surface area (Å²) >= 11 is 3.36. The molecule has 0 aliphatic carbocycles. The number of halogens is 2. The molecule has 1 saturated heterocycles. The summed E-state index contributed by atoms with van der Waals surface area (Å²) in [5.41, 5.74) is 1.36. The normalized spacial score (nSPS) is 17.0. The molecule has 0 radical (unpaired) electrons. The Balaban J connectivity index is 1.54. The quantitative estimate of drug-likeness (QED) is 0.830. The highest BCUT2D eigenvalue weighted by atomic mass is 79.9. The predicted octanol–water partition coefficient (Wildman–Crippen LogP) is 3.30. The van der Waals surface area contributed by atoms with Gasteiger partial charge in [0, 0.05) is 29.7 Å². The first-order valence-electron chi connectivity index (χ1n) is 8.11. The summed E-state index contributed by atoms with van der Waals surface area (Å²) in [6.45, 7) is 0.717. The number of hydrogen-bond donors (Lipinski definition) is 1. The van der Waals surface area contributed by atoms with E-state index in [4.69, 9.17) is 0 Å². The SMILES string of the molecule is O=C(NCCc1ccccc1F)C1CC(=O)N(c2ccc(Br)cc2)C1. The van der Waals surface area contributed by atoms with Gasteiger partial charge < -0.3 is 10.2 Å². The van der Waals surface area contributed by atoms with Crippen molar-refractivity contribution in [2.45, 2.75) is 12.8 Å². The summed E-state index contributed by atoms with van der Waals surface area (Å²) in [5.74, 6) is -0.869. The number of nitrogens with zero attached hydrogens (tertiary/aromatic N) is 1. The largest absolute Gasteiger partial charge is 0.355 e. The molecule has 1 atom stereocenters. The first-order chi connectivity index (χ1) is 12.0. The van der Waals surface area contributed by atoms with Gasteiger partial charge in [0.1, 0.15) is 5.82 Å². The van der Waals surface area contributed by atoms with E-state index in [1.807, 2.05) is 24.3 Å². The van der Waals surface area contributed by atoms with Gasteiger partial charge in [-0.25, -0.2) is 4.39 Å². The second-order valence-electron chi connectivity index (χ2n) is 6.01. The second-order valence-corrected chi connectivity index (χ2v) is 6.93. The van der Waals surface area contributed by atoms with E-state index in [1.165, 1.54) is 6.07 Å². The van der Waals surface area contributed by atoms with Crippen molar-refractivity contribution in [2.75, 3.05) is 18.0 Å². The molecule has 0 aromatic heterocycles. The Morgan fingerprint density at radius 2 is 1.92 bits per heavy atom. The predicted molar refractivity (Wildman–Crippen MR) is 97.7 cm³/mol. The molecular weight excluding hydrogens is 387 g/mol. The Hall–Kier alpha value is -2.21. The van der Waals surface area contributed by atoms with E-state index in [1.54, 1.807) is 23.1 Å². The van der Waals surface area contributed by atoms with Crippen LogP contribution in [0, 0.1) is 11.7 Å². The van der Waals surface area contributed by atoms with Gasteiger partial charge in [0.25, 0.3) is 0 Å². The third-order valence-corrected chi connectivity index (χ3v) is 4.81. The molecule has 1 unspecified atom stereocenters. The summed E-state index contributed by atoms with van der Waals surface area (Å²) < 4.78 is 14.5. The van der Waals surface area contributed by atoms with E-state index in [0.29, 0.717) is 25.1 Å². The van der Waals surface area contributed by atoms with Crippen molar-refractivity contribution < 1.29 is 14.0 Å². The number of carbonyl (C=O) groups is 2. The van der Waals surface area contributed by atoms with E-state index in [9.17, 15) is 14.0 Å². The van der Waals surface area contributed by atoms with Gasteiger partial charge >= 0.3 is 0 Å². The van der Waals surface area contributed by atoms with Crippen molar-refractivity contribution in [3.8, 4) is 0 Å². The maximum atomic E-state index is 13.6. The smallest absolute Gasteiger partial charge is 0.227 e. The molecule has 1 fully saturated rings. The Kier molecular flexibility index (Phi) is 5.48. The molecule has 2 aromatic rings. The van der Waals surface area contributed by atoms with Crippen LogP contribution in [0.15, 0.2) is 53.0 Å². The van der Waals surface area contributed by atoms with Crippen LogP contribution in [-0.2, 0) is 16.0 Å².